The third-order valence-electron chi connectivity index (χ3n) is 0. The summed E-state index contributed by atoms with van der Waals surface area (Å²) in [5.74, 6) is 0. The van der Waals surface area contributed by atoms with Gasteiger partial charge in [-0.1, -0.05) is 0 Å². The van der Waals surface area contributed by atoms with Gasteiger partial charge >= 0.3 is 71.9 Å². The summed E-state index contributed by atoms with van der Waals surface area (Å²) >= 11 is 0. The molecule has 0 aromatic heterocycles. The summed E-state index contributed by atoms with van der Waals surface area (Å²) in [5.41, 5.74) is 0. The first-order valence-corrected chi connectivity index (χ1v) is 0. The van der Waals surface area contributed by atoms with E-state index in [9.17, 15) is 0 Å². The SMILES string of the molecule is [Ba+2].[Mg+2].[OH-].[OH-]. The molecule has 0 saturated carbocycles. The van der Waals surface area contributed by atoms with E-state index in [2.05, 4.69) is 0 Å². The van der Waals surface area contributed by atoms with Crippen molar-refractivity contribution in [2.24, 2.45) is 0 Å². The zero-order chi connectivity index (χ0) is 0. The zero-order valence-electron chi connectivity index (χ0n) is 2.31. The van der Waals surface area contributed by atoms with Crippen molar-refractivity contribution >= 4 is 71.9 Å². The van der Waals surface area contributed by atoms with Gasteiger partial charge in [-0.2, -0.15) is 0 Å². The van der Waals surface area contributed by atoms with Gasteiger partial charge in [0, 0.05) is 0 Å². The summed E-state index contributed by atoms with van der Waals surface area (Å²) in [7, 11) is 0. The van der Waals surface area contributed by atoms with Crippen LogP contribution in [0.5, 0.6) is 0 Å². The molecule has 0 atom stereocenters. The van der Waals surface area contributed by atoms with E-state index in [1.54, 1.807) is 0 Å². The van der Waals surface area contributed by atoms with Gasteiger partial charge in [0.15, 0.2) is 0 Å². The van der Waals surface area contributed by atoms with Crippen molar-refractivity contribution in [2.75, 3.05) is 0 Å². The first-order chi connectivity index (χ1) is 0. The molecule has 0 unspecified atom stereocenters. The topological polar surface area (TPSA) is 60.0 Å². The minimum atomic E-state index is 0. The zero-order valence-corrected chi connectivity index (χ0v) is 8.16. The smallest absolute Gasteiger partial charge is 0.870 e. The first-order valence-electron chi connectivity index (χ1n) is 0. The van der Waals surface area contributed by atoms with Crippen LogP contribution < -0.4 is 0 Å². The van der Waals surface area contributed by atoms with Crippen LogP contribution in [0.2, 0.25) is 0 Å². The van der Waals surface area contributed by atoms with Crippen LogP contribution in [0.3, 0.4) is 0 Å². The molecule has 0 spiro atoms. The predicted molar refractivity (Wildman–Crippen MR) is 15.4 cm³/mol. The Morgan fingerprint density at radius 2 is 0.750 bits per heavy atom. The van der Waals surface area contributed by atoms with E-state index in [0.717, 1.165) is 0 Å². The maximum Gasteiger partial charge on any atom is 2.00 e. The fourth-order valence-corrected chi connectivity index (χ4v) is 0. The van der Waals surface area contributed by atoms with Crippen LogP contribution in [0.1, 0.15) is 0 Å². The van der Waals surface area contributed by atoms with Crippen molar-refractivity contribution in [1.82, 2.24) is 0 Å². The molecule has 0 aliphatic carbocycles. The van der Waals surface area contributed by atoms with Gasteiger partial charge in [0.25, 0.3) is 0 Å². The molecule has 0 saturated heterocycles. The quantitative estimate of drug-likeness (QED) is 0.460. The minimum absolute atomic E-state index is 0. The predicted octanol–water partition coefficient (Wildman–Crippen LogP) is -1.12. The van der Waals surface area contributed by atoms with Crippen LogP contribution in [0.15, 0.2) is 0 Å². The molecule has 0 rings (SSSR count). The first kappa shape index (κ1) is 33.9. The van der Waals surface area contributed by atoms with E-state index in [1.165, 1.54) is 0 Å². The summed E-state index contributed by atoms with van der Waals surface area (Å²) in [6.45, 7) is 0. The second-order valence-corrected chi connectivity index (χ2v) is 0. The van der Waals surface area contributed by atoms with Crippen LogP contribution >= 0.6 is 0 Å². The maximum absolute atomic E-state index is 0. The van der Waals surface area contributed by atoms with E-state index in [-0.39, 0.29) is 82.9 Å². The Kier molecular flexibility index (Phi) is 159. The molecule has 16 valence electrons. The van der Waals surface area contributed by atoms with Gasteiger partial charge in [-0.3, -0.25) is 0 Å². The molecule has 0 fully saturated rings. The summed E-state index contributed by atoms with van der Waals surface area (Å²) in [4.78, 5) is 0. The largest absolute Gasteiger partial charge is 2.00 e. The Morgan fingerprint density at radius 1 is 0.750 bits per heavy atom. The van der Waals surface area contributed by atoms with Gasteiger partial charge in [-0.15, -0.1) is 0 Å². The van der Waals surface area contributed by atoms with E-state index in [4.69, 9.17) is 0 Å². The van der Waals surface area contributed by atoms with E-state index in [1.807, 2.05) is 0 Å². The fourth-order valence-electron chi connectivity index (χ4n) is 0. The van der Waals surface area contributed by atoms with Gasteiger partial charge in [0.1, 0.15) is 0 Å². The number of rotatable bonds is 0. The summed E-state index contributed by atoms with van der Waals surface area (Å²) in [6, 6.07) is 0. The Labute approximate surface area is 81.2 Å². The van der Waals surface area contributed by atoms with Gasteiger partial charge in [-0.25, -0.2) is 0 Å². The molecule has 0 amide bonds. The number of hydrogen-bond donors (Lipinski definition) is 0. The Hall–Kier alpha value is 2.26. The normalized spacial score (nSPS) is 0. The van der Waals surface area contributed by atoms with Crippen molar-refractivity contribution in [3.05, 3.63) is 0 Å². The molecular formula is H2BaMgO2+2. The molecule has 0 radical (unpaired) electrons. The van der Waals surface area contributed by atoms with Gasteiger partial charge < -0.3 is 11.0 Å². The molecule has 4 heteroatoms. The van der Waals surface area contributed by atoms with Gasteiger partial charge in [0.05, 0.1) is 0 Å². The van der Waals surface area contributed by atoms with Crippen LogP contribution in [-0.2, 0) is 0 Å². The molecular weight excluding hydrogens is 194 g/mol. The van der Waals surface area contributed by atoms with Crippen LogP contribution in [0.4, 0.5) is 0 Å². The standard InChI is InChI=1S/Ba.Mg.2H2O/h;;2*1H2/q2*+2;;/p-2. The van der Waals surface area contributed by atoms with Crippen LogP contribution in [0, 0.1) is 0 Å². The minimum Gasteiger partial charge on any atom is -0.870 e. The average molecular weight is 196 g/mol. The van der Waals surface area contributed by atoms with E-state index in [0.29, 0.717) is 0 Å². The summed E-state index contributed by atoms with van der Waals surface area (Å²) in [6.07, 6.45) is 0. The molecule has 2 nitrogen and oxygen atoms in total. The molecule has 4 heavy (non-hydrogen) atoms. The van der Waals surface area contributed by atoms with Crippen molar-refractivity contribution in [2.45, 2.75) is 0 Å². The number of hydrogen-bond acceptors (Lipinski definition) is 2. The molecule has 0 heterocycles. The second kappa shape index (κ2) is 18.7. The van der Waals surface area contributed by atoms with E-state index < -0.39 is 0 Å². The summed E-state index contributed by atoms with van der Waals surface area (Å²) < 4.78 is 0. The third-order valence-corrected chi connectivity index (χ3v) is 0. The van der Waals surface area contributed by atoms with Crippen molar-refractivity contribution in [3.8, 4) is 0 Å². The molecule has 0 aromatic rings. The molecule has 0 aliphatic heterocycles. The van der Waals surface area contributed by atoms with Crippen molar-refractivity contribution < 1.29 is 11.0 Å². The summed E-state index contributed by atoms with van der Waals surface area (Å²) in [5, 5.41) is 0. The Balaban J connectivity index is 0. The van der Waals surface area contributed by atoms with E-state index >= 15 is 0 Å². The van der Waals surface area contributed by atoms with Crippen LogP contribution in [-0.4, -0.2) is 82.9 Å². The molecule has 0 bridgehead atoms. The fraction of sp³-hybridized carbons (Fsp3) is 0. The maximum atomic E-state index is 0. The monoisotopic (exact) mass is 196 g/mol. The Morgan fingerprint density at radius 3 is 0.750 bits per heavy atom. The third kappa shape index (κ3) is 8.86. The van der Waals surface area contributed by atoms with Gasteiger partial charge in [-0.05, 0) is 0 Å². The van der Waals surface area contributed by atoms with Crippen molar-refractivity contribution in [1.29, 1.82) is 0 Å². The second-order valence-electron chi connectivity index (χ2n) is 0. The molecule has 2 N–H and O–H groups in total. The average Bonchev–Trinajstić information content (AvgIpc) is 0. The van der Waals surface area contributed by atoms with Gasteiger partial charge in [0.2, 0.25) is 0 Å². The molecule has 0 aliphatic rings. The van der Waals surface area contributed by atoms with Crippen LogP contribution in [0.25, 0.3) is 0 Å². The molecule has 0 aromatic carbocycles. The Bertz CT molecular complexity index is 6.00. The van der Waals surface area contributed by atoms with Crippen molar-refractivity contribution in [3.63, 3.8) is 0 Å².